The summed E-state index contributed by atoms with van der Waals surface area (Å²) in [5.41, 5.74) is 1.35. The lowest BCUT2D eigenvalue weighted by Gasteiger charge is -2.34. The minimum atomic E-state index is -0.129. The number of carbonyl (C=O) groups excluding carboxylic acids is 2. The maximum Gasteiger partial charge on any atom is 0.265 e. The lowest BCUT2D eigenvalue weighted by molar-refractivity contribution is 0.0644. The molecular formula is C24H25N3O2S2. The smallest absolute Gasteiger partial charge is 0.265 e. The zero-order valence-corrected chi connectivity index (χ0v) is 18.8. The van der Waals surface area contributed by atoms with E-state index in [0.717, 1.165) is 38.5 Å². The Morgan fingerprint density at radius 2 is 1.65 bits per heavy atom. The van der Waals surface area contributed by atoms with Crippen molar-refractivity contribution in [2.24, 2.45) is 0 Å². The summed E-state index contributed by atoms with van der Waals surface area (Å²) < 4.78 is 0. The molecule has 1 N–H and O–H groups in total. The Morgan fingerprint density at radius 1 is 0.903 bits per heavy atom. The molecule has 3 aromatic rings. The van der Waals surface area contributed by atoms with E-state index in [-0.39, 0.29) is 11.8 Å². The lowest BCUT2D eigenvalue weighted by atomic mass is 10.1. The molecule has 0 aliphatic carbocycles. The van der Waals surface area contributed by atoms with Crippen LogP contribution in [0.5, 0.6) is 0 Å². The molecule has 160 valence electrons. The van der Waals surface area contributed by atoms with Crippen molar-refractivity contribution in [1.82, 2.24) is 9.80 Å². The third-order valence-corrected chi connectivity index (χ3v) is 7.07. The first kappa shape index (κ1) is 21.6. The number of thioether (sulfide) groups is 1. The number of amides is 2. The van der Waals surface area contributed by atoms with Crippen LogP contribution in [0.15, 0.2) is 77.0 Å². The van der Waals surface area contributed by atoms with Crippen LogP contribution in [0, 0.1) is 0 Å². The van der Waals surface area contributed by atoms with Crippen LogP contribution in [0.25, 0.3) is 0 Å². The van der Waals surface area contributed by atoms with E-state index in [2.05, 4.69) is 34.5 Å². The van der Waals surface area contributed by atoms with Gasteiger partial charge in [-0.3, -0.25) is 14.5 Å². The van der Waals surface area contributed by atoms with Gasteiger partial charge in [-0.15, -0.1) is 23.1 Å². The summed E-state index contributed by atoms with van der Waals surface area (Å²) in [6, 6.07) is 21.2. The first-order valence-electron chi connectivity index (χ1n) is 10.3. The maximum absolute atomic E-state index is 12.8. The summed E-state index contributed by atoms with van der Waals surface area (Å²) in [6.07, 6.45) is 0. The summed E-state index contributed by atoms with van der Waals surface area (Å²) in [6.45, 7) is 4.31. The van der Waals surface area contributed by atoms with Crippen LogP contribution < -0.4 is 5.32 Å². The lowest BCUT2D eigenvalue weighted by Crippen LogP contribution is -2.49. The van der Waals surface area contributed by atoms with Crippen LogP contribution in [-0.4, -0.2) is 60.1 Å². The molecule has 2 amide bonds. The molecule has 1 aliphatic heterocycles. The molecule has 1 saturated heterocycles. The van der Waals surface area contributed by atoms with Crippen molar-refractivity contribution < 1.29 is 9.59 Å². The highest BCUT2D eigenvalue weighted by Gasteiger charge is 2.22. The molecule has 5 nitrogen and oxygen atoms in total. The molecule has 2 aromatic carbocycles. The summed E-state index contributed by atoms with van der Waals surface area (Å²) in [4.78, 5) is 31.3. The average molecular weight is 452 g/mol. The van der Waals surface area contributed by atoms with Gasteiger partial charge in [0.05, 0.1) is 4.88 Å². The second-order valence-corrected chi connectivity index (χ2v) is 9.42. The molecule has 0 spiro atoms. The van der Waals surface area contributed by atoms with E-state index >= 15 is 0 Å². The van der Waals surface area contributed by atoms with Crippen molar-refractivity contribution in [2.75, 3.05) is 43.8 Å². The normalized spacial score (nSPS) is 14.4. The number of carbonyl (C=O) groups is 2. The molecule has 7 heteroatoms. The van der Waals surface area contributed by atoms with Gasteiger partial charge in [-0.2, -0.15) is 0 Å². The average Bonchev–Trinajstić information content (AvgIpc) is 3.36. The molecule has 0 saturated carbocycles. The minimum absolute atomic E-state index is 0.0504. The number of rotatable bonds is 7. The molecule has 0 unspecified atom stereocenters. The molecule has 1 aromatic heterocycles. The molecule has 1 aliphatic rings. The molecule has 2 heterocycles. The van der Waals surface area contributed by atoms with E-state index in [1.165, 1.54) is 16.2 Å². The van der Waals surface area contributed by atoms with Crippen molar-refractivity contribution in [3.05, 3.63) is 82.6 Å². The molecule has 4 rings (SSSR count). The molecule has 0 radical (unpaired) electrons. The number of thiophene rings is 1. The van der Waals surface area contributed by atoms with Gasteiger partial charge in [0, 0.05) is 54.6 Å². The number of nitrogens with one attached hydrogen (secondary N) is 1. The van der Waals surface area contributed by atoms with Crippen LogP contribution >= 0.6 is 23.1 Å². The zero-order chi connectivity index (χ0) is 21.5. The van der Waals surface area contributed by atoms with Crippen molar-refractivity contribution in [3.8, 4) is 0 Å². The number of nitrogens with zero attached hydrogens (tertiary/aromatic N) is 2. The van der Waals surface area contributed by atoms with Gasteiger partial charge in [0.15, 0.2) is 0 Å². The number of benzene rings is 2. The highest BCUT2D eigenvalue weighted by molar-refractivity contribution is 7.99. The standard InChI is InChI=1S/C24H25N3O2S2/c28-23(22-7-4-17-31-22)25-20-10-8-19(9-11-20)24(29)27-14-12-26(13-15-27)16-18-30-21-5-2-1-3-6-21/h1-11,17H,12-16,18H2,(H,25,28). The monoisotopic (exact) mass is 451 g/mol. The fraction of sp³-hybridized carbons (Fsp3) is 0.250. The van der Waals surface area contributed by atoms with Gasteiger partial charge in [-0.05, 0) is 47.8 Å². The zero-order valence-electron chi connectivity index (χ0n) is 17.2. The Kier molecular flexibility index (Phi) is 7.40. The van der Waals surface area contributed by atoms with Crippen LogP contribution in [0.3, 0.4) is 0 Å². The van der Waals surface area contributed by atoms with Gasteiger partial charge in [0.2, 0.25) is 0 Å². The highest BCUT2D eigenvalue weighted by atomic mass is 32.2. The van der Waals surface area contributed by atoms with Gasteiger partial charge in [-0.1, -0.05) is 24.3 Å². The first-order valence-corrected chi connectivity index (χ1v) is 12.2. The van der Waals surface area contributed by atoms with Gasteiger partial charge >= 0.3 is 0 Å². The fourth-order valence-corrected chi connectivity index (χ4v) is 5.02. The van der Waals surface area contributed by atoms with E-state index in [0.29, 0.717) is 16.1 Å². The van der Waals surface area contributed by atoms with Crippen molar-refractivity contribution in [3.63, 3.8) is 0 Å². The number of hydrogen-bond donors (Lipinski definition) is 1. The van der Waals surface area contributed by atoms with Gasteiger partial charge in [-0.25, -0.2) is 0 Å². The van der Waals surface area contributed by atoms with Crippen molar-refractivity contribution in [2.45, 2.75) is 4.90 Å². The number of anilines is 1. The Bertz CT molecular complexity index is 983. The second-order valence-electron chi connectivity index (χ2n) is 7.30. The van der Waals surface area contributed by atoms with Crippen molar-refractivity contribution >= 4 is 40.6 Å². The number of piperazine rings is 1. The Balaban J connectivity index is 1.22. The molecular weight excluding hydrogens is 426 g/mol. The van der Waals surface area contributed by atoms with Crippen LogP contribution in [-0.2, 0) is 0 Å². The Labute approximate surface area is 191 Å². The highest BCUT2D eigenvalue weighted by Crippen LogP contribution is 2.18. The number of hydrogen-bond acceptors (Lipinski definition) is 5. The quantitative estimate of drug-likeness (QED) is 0.536. The molecule has 0 atom stereocenters. The second kappa shape index (κ2) is 10.6. The van der Waals surface area contributed by atoms with E-state index in [9.17, 15) is 9.59 Å². The first-order chi connectivity index (χ1) is 15.2. The fourth-order valence-electron chi connectivity index (χ4n) is 3.46. The van der Waals surface area contributed by atoms with E-state index in [1.54, 1.807) is 30.3 Å². The summed E-state index contributed by atoms with van der Waals surface area (Å²) in [5, 5.41) is 4.74. The summed E-state index contributed by atoms with van der Waals surface area (Å²) in [7, 11) is 0. The predicted octanol–water partition coefficient (Wildman–Crippen LogP) is 4.55. The molecule has 1 fully saturated rings. The SMILES string of the molecule is O=C(Nc1ccc(C(=O)N2CCN(CCSc3ccccc3)CC2)cc1)c1cccs1. The third kappa shape index (κ3) is 5.97. The van der Waals surface area contributed by atoms with E-state index in [1.807, 2.05) is 34.2 Å². The largest absolute Gasteiger partial charge is 0.336 e. The van der Waals surface area contributed by atoms with E-state index < -0.39 is 0 Å². The summed E-state index contributed by atoms with van der Waals surface area (Å²) >= 11 is 3.27. The third-order valence-electron chi connectivity index (χ3n) is 5.21. The van der Waals surface area contributed by atoms with E-state index in [4.69, 9.17) is 0 Å². The van der Waals surface area contributed by atoms with Crippen LogP contribution in [0.2, 0.25) is 0 Å². The van der Waals surface area contributed by atoms with Gasteiger partial charge in [0.1, 0.15) is 0 Å². The predicted molar refractivity (Wildman–Crippen MR) is 128 cm³/mol. The Hall–Kier alpha value is -2.61. The van der Waals surface area contributed by atoms with Crippen molar-refractivity contribution in [1.29, 1.82) is 0 Å². The van der Waals surface area contributed by atoms with Gasteiger partial charge in [0.25, 0.3) is 11.8 Å². The molecule has 0 bridgehead atoms. The molecule has 31 heavy (non-hydrogen) atoms. The minimum Gasteiger partial charge on any atom is -0.336 e. The van der Waals surface area contributed by atoms with Crippen LogP contribution in [0.4, 0.5) is 5.69 Å². The maximum atomic E-state index is 12.8. The Morgan fingerprint density at radius 3 is 2.32 bits per heavy atom. The van der Waals surface area contributed by atoms with Gasteiger partial charge < -0.3 is 10.2 Å². The van der Waals surface area contributed by atoms with Crippen LogP contribution in [0.1, 0.15) is 20.0 Å². The topological polar surface area (TPSA) is 52.7 Å². The summed E-state index contributed by atoms with van der Waals surface area (Å²) in [5.74, 6) is 0.974.